The number of unbranched alkanes of at least 4 members (excludes halogenated alkanes) is 12. The van der Waals surface area contributed by atoms with Crippen LogP contribution in [0.4, 0.5) is 0 Å². The van der Waals surface area contributed by atoms with Crippen molar-refractivity contribution in [2.45, 2.75) is 189 Å². The predicted molar refractivity (Wildman–Crippen MR) is 177 cm³/mol. The summed E-state index contributed by atoms with van der Waals surface area (Å²) in [6.07, 6.45) is -12.5. The Hall–Kier alpha value is -1.17. The quantitative estimate of drug-likeness (QED) is 0.0317. The lowest BCUT2D eigenvalue weighted by molar-refractivity contribution is -0.473. The number of carbonyl (C=O) groups is 1. The molecule has 306 valence electrons. The van der Waals surface area contributed by atoms with Gasteiger partial charge in [-0.05, 0) is 6.42 Å². The number of esters is 1. The smallest absolute Gasteiger partial charge is 0.360 e. The number of hydrogen-bond acceptors (Lipinski definition) is 18. The highest BCUT2D eigenvalue weighted by atomic mass is 16.9. The molecule has 3 aliphatic heterocycles. The van der Waals surface area contributed by atoms with Crippen molar-refractivity contribution >= 4 is 5.97 Å². The molecule has 3 heterocycles. The van der Waals surface area contributed by atoms with Crippen LogP contribution in [0, 0.1) is 0 Å². The Morgan fingerprint density at radius 1 is 0.577 bits per heavy atom. The molecule has 0 aromatic carbocycles. The molecular weight excluding hydrogens is 696 g/mol. The Bertz CT molecular complexity index is 1000. The molecule has 11 N–H and O–H groups in total. The zero-order chi connectivity index (χ0) is 38.4. The van der Waals surface area contributed by atoms with E-state index in [9.17, 15) is 61.0 Å². The van der Waals surface area contributed by atoms with E-state index in [4.69, 9.17) is 28.4 Å². The van der Waals surface area contributed by atoms with E-state index in [0.717, 1.165) is 25.7 Å². The second kappa shape index (κ2) is 22.4. The fourth-order valence-electron chi connectivity index (χ4n) is 6.70. The maximum atomic E-state index is 13.1. The van der Waals surface area contributed by atoms with Gasteiger partial charge in [0.1, 0.15) is 67.1 Å². The van der Waals surface area contributed by atoms with Gasteiger partial charge in [0.2, 0.25) is 0 Å². The van der Waals surface area contributed by atoms with E-state index >= 15 is 0 Å². The molecule has 3 aliphatic rings. The lowest BCUT2D eigenvalue weighted by Gasteiger charge is -2.51. The molecule has 0 spiro atoms. The summed E-state index contributed by atoms with van der Waals surface area (Å²) in [6.45, 7) is -0.509. The summed E-state index contributed by atoms with van der Waals surface area (Å²) in [5.41, 5.74) is 0. The van der Waals surface area contributed by atoms with E-state index in [1.807, 2.05) is 0 Å². The minimum absolute atomic E-state index is 0.175. The van der Waals surface area contributed by atoms with Gasteiger partial charge in [0.05, 0.1) is 19.8 Å². The predicted octanol–water partition coefficient (Wildman–Crippen LogP) is -2.22. The number of hydrogen-bond donors (Lipinski definition) is 11. The minimum atomic E-state index is -2.98. The van der Waals surface area contributed by atoms with Gasteiger partial charge in [0.25, 0.3) is 0 Å². The summed E-state index contributed by atoms with van der Waals surface area (Å²) in [5, 5.41) is 114. The molecule has 0 radical (unpaired) electrons. The molecule has 18 heteroatoms. The third-order valence-corrected chi connectivity index (χ3v) is 9.90. The van der Waals surface area contributed by atoms with Crippen LogP contribution in [0.2, 0.25) is 0 Å². The first-order chi connectivity index (χ1) is 24.8. The molecule has 18 nitrogen and oxygen atoms in total. The number of aliphatic hydroxyl groups excluding tert-OH is 11. The normalized spacial score (nSPS) is 39.8. The molecular formula is C34H62O18. The summed E-state index contributed by atoms with van der Waals surface area (Å²) < 4.78 is 32.9. The van der Waals surface area contributed by atoms with Gasteiger partial charge in [-0.1, -0.05) is 84.0 Å². The first-order valence-electron chi connectivity index (χ1n) is 18.7. The maximum absolute atomic E-state index is 13.1. The monoisotopic (exact) mass is 758 g/mol. The molecule has 0 aromatic rings. The van der Waals surface area contributed by atoms with Crippen molar-refractivity contribution in [3.05, 3.63) is 0 Å². The largest absolute Gasteiger partial charge is 0.405 e. The molecule has 0 aromatic heterocycles. The molecule has 0 amide bonds. The van der Waals surface area contributed by atoms with E-state index < -0.39 is 118 Å². The maximum Gasteiger partial charge on any atom is 0.360 e. The van der Waals surface area contributed by atoms with Crippen LogP contribution in [-0.2, 0) is 33.2 Å². The van der Waals surface area contributed by atoms with E-state index in [2.05, 4.69) is 6.92 Å². The lowest BCUT2D eigenvalue weighted by Crippen LogP contribution is -2.71. The standard InChI is InChI=1S/C34H62O18/c1-2-3-4-5-6-7-8-9-10-11-12-13-14-15-22(38)51-34(31(45)26(42)23(39)19(16-35)50-34)52-30-21(18-37)48-33(28(44)25(30)41)49-29-20(17-36)47-32(46)27(43)24(29)40/h19-21,23-33,35-37,39-46H,2-18H2,1H3/t19-,20-,21-,23-,24-,25-,26+,27-,28-,29-,30-,31-,32+,33?,34?/m1/s1. The summed E-state index contributed by atoms with van der Waals surface area (Å²) >= 11 is 0. The van der Waals surface area contributed by atoms with Crippen LogP contribution >= 0.6 is 0 Å². The van der Waals surface area contributed by atoms with Crippen molar-refractivity contribution in [3.63, 3.8) is 0 Å². The van der Waals surface area contributed by atoms with Gasteiger partial charge in [-0.3, -0.25) is 4.79 Å². The average molecular weight is 759 g/mol. The highest BCUT2D eigenvalue weighted by Crippen LogP contribution is 2.38. The summed E-state index contributed by atoms with van der Waals surface area (Å²) in [7, 11) is 0. The van der Waals surface area contributed by atoms with E-state index in [-0.39, 0.29) is 6.42 Å². The van der Waals surface area contributed by atoms with Crippen molar-refractivity contribution in [3.8, 4) is 0 Å². The topological polar surface area (TPSA) is 295 Å². The summed E-state index contributed by atoms with van der Waals surface area (Å²) in [4.78, 5) is 13.1. The van der Waals surface area contributed by atoms with Crippen LogP contribution in [0.15, 0.2) is 0 Å². The third-order valence-electron chi connectivity index (χ3n) is 9.90. The van der Waals surface area contributed by atoms with Crippen molar-refractivity contribution in [1.29, 1.82) is 0 Å². The zero-order valence-corrected chi connectivity index (χ0v) is 29.9. The van der Waals surface area contributed by atoms with Crippen molar-refractivity contribution in [2.24, 2.45) is 0 Å². The molecule has 3 fully saturated rings. The van der Waals surface area contributed by atoms with Crippen LogP contribution in [-0.4, -0.2) is 174 Å². The average Bonchev–Trinajstić information content (AvgIpc) is 3.13. The molecule has 0 bridgehead atoms. The van der Waals surface area contributed by atoms with Gasteiger partial charge in [-0.2, -0.15) is 0 Å². The van der Waals surface area contributed by atoms with Gasteiger partial charge in [0.15, 0.2) is 18.7 Å². The Morgan fingerprint density at radius 3 is 1.62 bits per heavy atom. The number of ether oxygens (including phenoxy) is 6. The summed E-state index contributed by atoms with van der Waals surface area (Å²) in [5.74, 6) is -3.94. The molecule has 52 heavy (non-hydrogen) atoms. The number of aliphatic hydroxyl groups is 11. The number of rotatable bonds is 22. The van der Waals surface area contributed by atoms with Crippen molar-refractivity contribution in [2.75, 3.05) is 19.8 Å². The Labute approximate surface area is 303 Å². The molecule has 0 aliphatic carbocycles. The van der Waals surface area contributed by atoms with Crippen LogP contribution in [0.1, 0.15) is 96.8 Å². The second-order valence-electron chi connectivity index (χ2n) is 14.0. The van der Waals surface area contributed by atoms with Crippen LogP contribution in [0.5, 0.6) is 0 Å². The minimum Gasteiger partial charge on any atom is -0.405 e. The molecule has 15 atom stereocenters. The molecule has 2 unspecified atom stereocenters. The first-order valence-corrected chi connectivity index (χ1v) is 18.7. The number of carbonyl (C=O) groups excluding carboxylic acids is 1. The van der Waals surface area contributed by atoms with Crippen LogP contribution in [0.25, 0.3) is 0 Å². The van der Waals surface area contributed by atoms with Gasteiger partial charge in [0, 0.05) is 6.42 Å². The Balaban J connectivity index is 1.63. The Kier molecular flexibility index (Phi) is 19.5. The Morgan fingerprint density at radius 2 is 1.08 bits per heavy atom. The third kappa shape index (κ3) is 11.9. The first kappa shape index (κ1) is 45.2. The van der Waals surface area contributed by atoms with E-state index in [1.165, 1.54) is 44.9 Å². The highest BCUT2D eigenvalue weighted by molar-refractivity contribution is 5.69. The summed E-state index contributed by atoms with van der Waals surface area (Å²) in [6, 6.07) is 0. The zero-order valence-electron chi connectivity index (χ0n) is 29.9. The van der Waals surface area contributed by atoms with Gasteiger partial charge >= 0.3 is 11.9 Å². The SMILES string of the molecule is CCCCCCCCCCCCCCCC(=O)OC1(O[C@H]2[C@H](O)[C@@H](O)C(O[C@H]3[C@H](O)[C@@H](O)[C@@H](O)O[C@@H]3CO)O[C@@H]2CO)O[C@H](CO)[C@@H](O)[C@H](O)[C@H]1O. The lowest BCUT2D eigenvalue weighted by atomic mass is 9.95. The van der Waals surface area contributed by atoms with E-state index in [0.29, 0.717) is 12.8 Å². The fourth-order valence-corrected chi connectivity index (χ4v) is 6.70. The molecule has 3 rings (SSSR count). The van der Waals surface area contributed by atoms with E-state index in [1.54, 1.807) is 0 Å². The fraction of sp³-hybridized carbons (Fsp3) is 0.971. The van der Waals surface area contributed by atoms with Crippen LogP contribution in [0.3, 0.4) is 0 Å². The highest BCUT2D eigenvalue weighted by Gasteiger charge is 2.61. The van der Waals surface area contributed by atoms with Crippen LogP contribution < -0.4 is 0 Å². The van der Waals surface area contributed by atoms with Crippen molar-refractivity contribution in [1.82, 2.24) is 0 Å². The second-order valence-corrected chi connectivity index (χ2v) is 14.0. The van der Waals surface area contributed by atoms with Gasteiger partial charge in [-0.15, -0.1) is 0 Å². The molecule has 0 saturated carbocycles. The van der Waals surface area contributed by atoms with Crippen molar-refractivity contribution < 1.29 is 89.4 Å². The van der Waals surface area contributed by atoms with Gasteiger partial charge in [-0.25, -0.2) is 0 Å². The van der Waals surface area contributed by atoms with Gasteiger partial charge < -0.3 is 84.6 Å². The molecule has 3 saturated heterocycles.